The first kappa shape index (κ1) is 12.0. The second kappa shape index (κ2) is 4.28. The minimum absolute atomic E-state index is 0.182. The molecule has 0 saturated heterocycles. The highest BCUT2D eigenvalue weighted by Gasteiger charge is 2.12. The van der Waals surface area contributed by atoms with Gasteiger partial charge in [-0.05, 0) is 18.2 Å². The zero-order chi connectivity index (χ0) is 13.6. The molecular weight excluding hydrogens is 277 g/mol. The molecule has 0 aliphatic carbocycles. The van der Waals surface area contributed by atoms with Crippen molar-refractivity contribution in [2.24, 2.45) is 0 Å². The molecule has 0 radical (unpaired) electrons. The largest absolute Gasteiger partial charge is 0.338 e. The number of nitrogens with zero attached hydrogens (tertiary/aromatic N) is 1. The van der Waals surface area contributed by atoms with Crippen molar-refractivity contribution in [2.45, 2.75) is 0 Å². The standard InChI is InChI=1S/C13H6ClF3N2/c14-6-1-2-7(8(15)3-6)13-18-11-4-9(16)10(17)5-12(11)19-13/h1-5H,(H,18,19). The topological polar surface area (TPSA) is 28.7 Å². The molecule has 96 valence electrons. The van der Waals surface area contributed by atoms with E-state index in [9.17, 15) is 13.2 Å². The maximum Gasteiger partial charge on any atom is 0.161 e. The van der Waals surface area contributed by atoms with Crippen molar-refractivity contribution in [2.75, 3.05) is 0 Å². The molecule has 1 aromatic heterocycles. The number of rotatable bonds is 1. The number of benzene rings is 2. The van der Waals surface area contributed by atoms with Crippen LogP contribution in [0.1, 0.15) is 0 Å². The zero-order valence-corrected chi connectivity index (χ0v) is 10.1. The van der Waals surface area contributed by atoms with Gasteiger partial charge in [-0.2, -0.15) is 0 Å². The number of fused-ring (bicyclic) bond motifs is 1. The van der Waals surface area contributed by atoms with Crippen LogP contribution in [0.3, 0.4) is 0 Å². The summed E-state index contributed by atoms with van der Waals surface area (Å²) in [5.74, 6) is -2.36. The van der Waals surface area contributed by atoms with Gasteiger partial charge in [-0.3, -0.25) is 0 Å². The molecule has 3 aromatic rings. The van der Waals surface area contributed by atoms with Gasteiger partial charge in [-0.25, -0.2) is 18.2 Å². The summed E-state index contributed by atoms with van der Waals surface area (Å²) in [6.07, 6.45) is 0. The highest BCUT2D eigenvalue weighted by molar-refractivity contribution is 6.30. The minimum atomic E-state index is -0.998. The summed E-state index contributed by atoms with van der Waals surface area (Å²) in [6.45, 7) is 0. The van der Waals surface area contributed by atoms with Gasteiger partial charge in [0.05, 0.1) is 16.6 Å². The van der Waals surface area contributed by atoms with Gasteiger partial charge in [0.1, 0.15) is 11.6 Å². The number of hydrogen-bond acceptors (Lipinski definition) is 1. The van der Waals surface area contributed by atoms with Gasteiger partial charge in [0.2, 0.25) is 0 Å². The maximum atomic E-state index is 13.7. The molecule has 0 amide bonds. The molecule has 0 unspecified atom stereocenters. The van der Waals surface area contributed by atoms with E-state index >= 15 is 0 Å². The fourth-order valence-corrected chi connectivity index (χ4v) is 1.97. The summed E-state index contributed by atoms with van der Waals surface area (Å²) in [5, 5.41) is 0.259. The lowest BCUT2D eigenvalue weighted by Gasteiger charge is -1.99. The molecule has 0 aliphatic heterocycles. The van der Waals surface area contributed by atoms with E-state index in [1.54, 1.807) is 0 Å². The molecule has 6 heteroatoms. The third kappa shape index (κ3) is 2.06. The van der Waals surface area contributed by atoms with Crippen molar-refractivity contribution >= 4 is 22.6 Å². The van der Waals surface area contributed by atoms with Crippen LogP contribution in [0.25, 0.3) is 22.4 Å². The Hall–Kier alpha value is -2.01. The maximum absolute atomic E-state index is 13.7. The van der Waals surface area contributed by atoms with Gasteiger partial charge >= 0.3 is 0 Å². The Kier molecular flexibility index (Phi) is 2.71. The number of aromatic nitrogens is 2. The minimum Gasteiger partial charge on any atom is -0.338 e. The predicted octanol–water partition coefficient (Wildman–Crippen LogP) is 4.30. The Morgan fingerprint density at radius 1 is 0.947 bits per heavy atom. The molecule has 0 saturated carbocycles. The molecule has 1 N–H and O–H groups in total. The third-order valence-electron chi connectivity index (χ3n) is 2.71. The van der Waals surface area contributed by atoms with E-state index in [1.807, 2.05) is 0 Å². The fourth-order valence-electron chi connectivity index (χ4n) is 1.81. The quantitative estimate of drug-likeness (QED) is 0.708. The van der Waals surface area contributed by atoms with E-state index in [2.05, 4.69) is 9.97 Å². The highest BCUT2D eigenvalue weighted by Crippen LogP contribution is 2.26. The first-order chi connectivity index (χ1) is 9.04. The van der Waals surface area contributed by atoms with Crippen LogP contribution in [-0.2, 0) is 0 Å². The molecular formula is C13H6ClF3N2. The average molecular weight is 283 g/mol. The zero-order valence-electron chi connectivity index (χ0n) is 9.35. The molecule has 0 fully saturated rings. The van der Waals surface area contributed by atoms with Crippen molar-refractivity contribution in [1.82, 2.24) is 9.97 Å². The summed E-state index contributed by atoms with van der Waals surface area (Å²) in [5.41, 5.74) is 0.702. The summed E-state index contributed by atoms with van der Waals surface area (Å²) in [4.78, 5) is 6.77. The van der Waals surface area contributed by atoms with Gasteiger partial charge in [-0.1, -0.05) is 11.6 Å². The Morgan fingerprint density at radius 2 is 1.68 bits per heavy atom. The van der Waals surface area contributed by atoms with Gasteiger partial charge < -0.3 is 4.98 Å². The third-order valence-corrected chi connectivity index (χ3v) is 2.95. The van der Waals surface area contributed by atoms with Crippen LogP contribution in [0, 0.1) is 17.5 Å². The fraction of sp³-hybridized carbons (Fsp3) is 0. The Bertz CT molecular complexity index is 744. The molecule has 2 nitrogen and oxygen atoms in total. The average Bonchev–Trinajstić information content (AvgIpc) is 2.72. The van der Waals surface area contributed by atoms with Crippen molar-refractivity contribution in [1.29, 1.82) is 0 Å². The first-order valence-electron chi connectivity index (χ1n) is 5.35. The van der Waals surface area contributed by atoms with E-state index in [0.29, 0.717) is 5.52 Å². The van der Waals surface area contributed by atoms with E-state index in [0.717, 1.165) is 18.2 Å². The molecule has 0 spiro atoms. The van der Waals surface area contributed by atoms with Crippen molar-refractivity contribution in [3.05, 3.63) is 52.8 Å². The molecule has 3 rings (SSSR count). The van der Waals surface area contributed by atoms with Crippen LogP contribution in [0.5, 0.6) is 0 Å². The summed E-state index contributed by atoms with van der Waals surface area (Å²) in [6, 6.07) is 6.04. The molecule has 0 atom stereocenters. The van der Waals surface area contributed by atoms with E-state index < -0.39 is 17.5 Å². The van der Waals surface area contributed by atoms with E-state index in [-0.39, 0.29) is 21.9 Å². The van der Waals surface area contributed by atoms with Crippen LogP contribution in [0.2, 0.25) is 5.02 Å². The van der Waals surface area contributed by atoms with Crippen molar-refractivity contribution < 1.29 is 13.2 Å². The van der Waals surface area contributed by atoms with Crippen LogP contribution in [0.4, 0.5) is 13.2 Å². The summed E-state index contributed by atoms with van der Waals surface area (Å²) in [7, 11) is 0. The van der Waals surface area contributed by atoms with Gasteiger partial charge in [-0.15, -0.1) is 0 Å². The van der Waals surface area contributed by atoms with Gasteiger partial charge in [0, 0.05) is 17.2 Å². The number of aromatic amines is 1. The predicted molar refractivity (Wildman–Crippen MR) is 66.4 cm³/mol. The monoisotopic (exact) mass is 282 g/mol. The van der Waals surface area contributed by atoms with Gasteiger partial charge in [0.15, 0.2) is 11.6 Å². The van der Waals surface area contributed by atoms with Crippen molar-refractivity contribution in [3.8, 4) is 11.4 Å². The number of imidazole rings is 1. The Morgan fingerprint density at radius 3 is 2.42 bits per heavy atom. The van der Waals surface area contributed by atoms with Crippen molar-refractivity contribution in [3.63, 3.8) is 0 Å². The smallest absolute Gasteiger partial charge is 0.161 e. The Balaban J connectivity index is 2.20. The number of halogens is 4. The lowest BCUT2D eigenvalue weighted by molar-refractivity contribution is 0.510. The molecule has 19 heavy (non-hydrogen) atoms. The molecule has 0 aliphatic rings. The van der Waals surface area contributed by atoms with Crippen LogP contribution in [0.15, 0.2) is 30.3 Å². The van der Waals surface area contributed by atoms with Crippen LogP contribution >= 0.6 is 11.6 Å². The molecule has 2 aromatic carbocycles. The number of H-pyrrole nitrogens is 1. The summed E-state index contributed by atoms with van der Waals surface area (Å²) < 4.78 is 39.9. The molecule has 0 bridgehead atoms. The van der Waals surface area contributed by atoms with Gasteiger partial charge in [0.25, 0.3) is 0 Å². The van der Waals surface area contributed by atoms with Crippen LogP contribution < -0.4 is 0 Å². The number of nitrogens with one attached hydrogen (secondary N) is 1. The lowest BCUT2D eigenvalue weighted by Crippen LogP contribution is -1.85. The summed E-state index contributed by atoms with van der Waals surface area (Å²) >= 11 is 5.65. The number of hydrogen-bond donors (Lipinski definition) is 1. The van der Waals surface area contributed by atoms with Crippen LogP contribution in [-0.4, -0.2) is 9.97 Å². The second-order valence-corrected chi connectivity index (χ2v) is 4.43. The molecule has 1 heterocycles. The normalized spacial score (nSPS) is 11.2. The van der Waals surface area contributed by atoms with E-state index in [1.165, 1.54) is 12.1 Å². The SMILES string of the molecule is Fc1cc2nc(-c3ccc(Cl)cc3F)[nH]c2cc1F. The highest BCUT2D eigenvalue weighted by atomic mass is 35.5. The Labute approximate surface area is 110 Å². The lowest BCUT2D eigenvalue weighted by atomic mass is 10.2. The first-order valence-corrected chi connectivity index (χ1v) is 5.72. The van der Waals surface area contributed by atoms with E-state index in [4.69, 9.17) is 11.6 Å². The second-order valence-electron chi connectivity index (χ2n) is 3.99.